The maximum atomic E-state index is 12.1. The molecule has 0 N–H and O–H groups in total. The lowest BCUT2D eigenvalue weighted by molar-refractivity contribution is -0.129. The molecule has 0 radical (unpaired) electrons. The molecule has 8 heteroatoms. The summed E-state index contributed by atoms with van der Waals surface area (Å²) in [6.45, 7) is 5.45. The minimum atomic E-state index is 0.126. The van der Waals surface area contributed by atoms with E-state index in [1.165, 1.54) is 28.1 Å². The summed E-state index contributed by atoms with van der Waals surface area (Å²) in [6, 6.07) is 6.95. The molecule has 5 heterocycles. The Labute approximate surface area is 187 Å². The molecule has 0 saturated carbocycles. The molecule has 0 unspecified atom stereocenters. The number of hydrogen-bond acceptors (Lipinski definition) is 5. The number of rotatable bonds is 3. The van der Waals surface area contributed by atoms with E-state index in [4.69, 9.17) is 9.84 Å². The highest BCUT2D eigenvalue weighted by atomic mass is 16.5. The van der Waals surface area contributed by atoms with Crippen LogP contribution < -0.4 is 4.90 Å². The largest absolute Gasteiger partial charge is 0.379 e. The van der Waals surface area contributed by atoms with E-state index >= 15 is 0 Å². The van der Waals surface area contributed by atoms with Gasteiger partial charge in [-0.15, -0.1) is 0 Å². The summed E-state index contributed by atoms with van der Waals surface area (Å²) < 4.78 is 9.70. The Kier molecular flexibility index (Phi) is 4.57. The topological polar surface area (TPSA) is 68.4 Å². The van der Waals surface area contributed by atoms with Crippen LogP contribution in [-0.2, 0) is 36.0 Å². The van der Waals surface area contributed by atoms with Gasteiger partial charge in [0.15, 0.2) is 5.82 Å². The van der Waals surface area contributed by atoms with Crippen LogP contribution in [0.25, 0.3) is 11.1 Å². The van der Waals surface area contributed by atoms with Crippen molar-refractivity contribution in [2.45, 2.75) is 38.8 Å². The van der Waals surface area contributed by atoms with Crippen LogP contribution in [0.15, 0.2) is 30.6 Å². The molecule has 1 atom stereocenters. The smallest absolute Gasteiger partial charge is 0.219 e. The number of aromatic nitrogens is 4. The first-order valence-corrected chi connectivity index (χ1v) is 11.4. The number of nitrogens with zero attached hydrogens (tertiary/aromatic N) is 6. The molecule has 6 rings (SSSR count). The number of carbonyl (C=O) groups excluding carboxylic acids is 1. The predicted octanol–water partition coefficient (Wildman–Crippen LogP) is 2.84. The van der Waals surface area contributed by atoms with E-state index in [0.29, 0.717) is 6.54 Å². The van der Waals surface area contributed by atoms with Gasteiger partial charge in [0.25, 0.3) is 0 Å². The monoisotopic (exact) mass is 432 g/mol. The molecule has 0 bridgehead atoms. The molecule has 1 fully saturated rings. The first-order valence-electron chi connectivity index (χ1n) is 11.4. The molecule has 0 aliphatic carbocycles. The molecule has 1 saturated heterocycles. The zero-order chi connectivity index (χ0) is 21.8. The van der Waals surface area contributed by atoms with Crippen LogP contribution in [-0.4, -0.2) is 56.7 Å². The predicted molar refractivity (Wildman–Crippen MR) is 121 cm³/mol. The molecular weight excluding hydrogens is 404 g/mol. The molecule has 3 aliphatic rings. The average molecular weight is 433 g/mol. The summed E-state index contributed by atoms with van der Waals surface area (Å²) >= 11 is 0. The Bertz CT molecular complexity index is 1190. The van der Waals surface area contributed by atoms with Gasteiger partial charge in [0, 0.05) is 68.8 Å². The normalized spacial score (nSPS) is 20.0. The second-order valence-electron chi connectivity index (χ2n) is 9.05. The number of anilines is 2. The minimum absolute atomic E-state index is 0.126. The summed E-state index contributed by atoms with van der Waals surface area (Å²) in [7, 11) is 1.94. The van der Waals surface area contributed by atoms with Gasteiger partial charge in [-0.05, 0) is 36.1 Å². The number of benzene rings is 1. The zero-order valence-electron chi connectivity index (χ0n) is 18.6. The Morgan fingerprint density at radius 1 is 1.19 bits per heavy atom. The van der Waals surface area contributed by atoms with E-state index in [2.05, 4.69) is 32.9 Å². The summed E-state index contributed by atoms with van der Waals surface area (Å²) in [4.78, 5) is 16.4. The number of fused-ring (bicyclic) bond motifs is 2. The number of ether oxygens (including phenoxy) is 1. The highest BCUT2D eigenvalue weighted by Gasteiger charge is 2.34. The van der Waals surface area contributed by atoms with Crippen LogP contribution in [0, 0.1) is 0 Å². The lowest BCUT2D eigenvalue weighted by Crippen LogP contribution is -2.35. The van der Waals surface area contributed by atoms with E-state index in [0.717, 1.165) is 56.9 Å². The Balaban J connectivity index is 1.39. The van der Waals surface area contributed by atoms with Crippen LogP contribution in [0.2, 0.25) is 0 Å². The van der Waals surface area contributed by atoms with Crippen molar-refractivity contribution < 1.29 is 9.53 Å². The third kappa shape index (κ3) is 3.12. The van der Waals surface area contributed by atoms with Gasteiger partial charge in [0.1, 0.15) is 0 Å². The fraction of sp³-hybridized carbons (Fsp3) is 0.458. The molecule has 0 spiro atoms. The van der Waals surface area contributed by atoms with Crippen molar-refractivity contribution in [3.63, 3.8) is 0 Å². The van der Waals surface area contributed by atoms with E-state index in [-0.39, 0.29) is 11.9 Å². The zero-order valence-corrected chi connectivity index (χ0v) is 18.6. The van der Waals surface area contributed by atoms with Crippen LogP contribution in [0.5, 0.6) is 0 Å². The van der Waals surface area contributed by atoms with Crippen molar-refractivity contribution in [1.29, 1.82) is 0 Å². The molecule has 166 valence electrons. The highest BCUT2D eigenvalue weighted by molar-refractivity contribution is 5.77. The SMILES string of the molecule is CC(=O)N1CCc2c(c(N3CCc4cc(-c5cnn(C)c5)ccc43)nn2[C@H]2CCOC2)C1. The van der Waals surface area contributed by atoms with Crippen molar-refractivity contribution in [1.82, 2.24) is 24.5 Å². The maximum Gasteiger partial charge on any atom is 0.219 e. The summed E-state index contributed by atoms with van der Waals surface area (Å²) in [5.74, 6) is 1.13. The van der Waals surface area contributed by atoms with Crippen molar-refractivity contribution in [3.05, 3.63) is 47.4 Å². The van der Waals surface area contributed by atoms with E-state index in [9.17, 15) is 4.79 Å². The van der Waals surface area contributed by atoms with Crippen molar-refractivity contribution >= 4 is 17.4 Å². The first-order chi connectivity index (χ1) is 15.6. The highest BCUT2D eigenvalue weighted by Crippen LogP contribution is 2.41. The molecule has 3 aliphatic heterocycles. The van der Waals surface area contributed by atoms with Crippen LogP contribution in [0.4, 0.5) is 11.5 Å². The van der Waals surface area contributed by atoms with Gasteiger partial charge in [-0.1, -0.05) is 6.07 Å². The van der Waals surface area contributed by atoms with Crippen molar-refractivity contribution in [2.24, 2.45) is 7.05 Å². The number of aryl methyl sites for hydroxylation is 1. The fourth-order valence-corrected chi connectivity index (χ4v) is 5.30. The van der Waals surface area contributed by atoms with Crippen molar-refractivity contribution in [3.8, 4) is 11.1 Å². The Morgan fingerprint density at radius 2 is 2.09 bits per heavy atom. The summed E-state index contributed by atoms with van der Waals surface area (Å²) in [5, 5.41) is 9.45. The lowest BCUT2D eigenvalue weighted by Gasteiger charge is -2.28. The Hall–Kier alpha value is -3.13. The van der Waals surface area contributed by atoms with E-state index in [1.54, 1.807) is 6.92 Å². The number of carbonyl (C=O) groups is 1. The van der Waals surface area contributed by atoms with Crippen LogP contribution in [0.3, 0.4) is 0 Å². The van der Waals surface area contributed by atoms with Gasteiger partial charge in [0.2, 0.25) is 5.91 Å². The van der Waals surface area contributed by atoms with Gasteiger partial charge in [-0.2, -0.15) is 10.2 Å². The second kappa shape index (κ2) is 7.48. The quantitative estimate of drug-likeness (QED) is 0.637. The molecular formula is C24H28N6O2. The van der Waals surface area contributed by atoms with Crippen LogP contribution in [0.1, 0.15) is 36.2 Å². The Morgan fingerprint density at radius 3 is 2.84 bits per heavy atom. The third-order valence-corrected chi connectivity index (χ3v) is 7.03. The summed E-state index contributed by atoms with van der Waals surface area (Å²) in [5.41, 5.74) is 7.34. The number of hydrogen-bond donors (Lipinski definition) is 0. The lowest BCUT2D eigenvalue weighted by atomic mass is 10.0. The maximum absolute atomic E-state index is 12.1. The first kappa shape index (κ1) is 19.5. The summed E-state index contributed by atoms with van der Waals surface area (Å²) in [6.07, 6.45) is 6.78. The van der Waals surface area contributed by atoms with Gasteiger partial charge < -0.3 is 14.5 Å². The second-order valence-corrected chi connectivity index (χ2v) is 9.05. The van der Waals surface area contributed by atoms with E-state index < -0.39 is 0 Å². The average Bonchev–Trinajstić information content (AvgIpc) is 3.58. The number of amides is 1. The van der Waals surface area contributed by atoms with Gasteiger partial charge in [-0.3, -0.25) is 14.2 Å². The standard InChI is InChI=1S/C24H28N6O2/c1-16(31)28-8-6-23-21(14-28)24(26-30(23)20-7-10-32-15-20)29-9-5-18-11-17(3-4-22(18)29)19-12-25-27(2)13-19/h3-4,11-13,20H,5-10,14-15H2,1-2H3/t20-/m0/s1. The van der Waals surface area contributed by atoms with Gasteiger partial charge in [0.05, 0.1) is 25.4 Å². The van der Waals surface area contributed by atoms with Crippen molar-refractivity contribution in [2.75, 3.05) is 31.2 Å². The molecule has 32 heavy (non-hydrogen) atoms. The molecule has 1 aromatic carbocycles. The van der Waals surface area contributed by atoms with Gasteiger partial charge in [-0.25, -0.2) is 0 Å². The van der Waals surface area contributed by atoms with Gasteiger partial charge >= 0.3 is 0 Å². The molecule has 8 nitrogen and oxygen atoms in total. The molecule has 2 aromatic heterocycles. The van der Waals surface area contributed by atoms with E-state index in [1.807, 2.05) is 29.0 Å². The molecule has 3 aromatic rings. The van der Waals surface area contributed by atoms with Crippen LogP contribution >= 0.6 is 0 Å². The minimum Gasteiger partial charge on any atom is -0.379 e. The fourth-order valence-electron chi connectivity index (χ4n) is 5.30. The third-order valence-electron chi connectivity index (χ3n) is 7.03. The molecule has 1 amide bonds.